The van der Waals surface area contributed by atoms with Crippen molar-refractivity contribution in [3.05, 3.63) is 59.4 Å². The Bertz CT molecular complexity index is 792. The minimum Gasteiger partial charge on any atom is -0.353 e. The molecule has 2 aromatic carbocycles. The summed E-state index contributed by atoms with van der Waals surface area (Å²) in [6, 6.07) is 14.3. The molecule has 0 atom stereocenters. The van der Waals surface area contributed by atoms with Gasteiger partial charge in [0.05, 0.1) is 11.3 Å². The lowest BCUT2D eigenvalue weighted by Gasteiger charge is -1.98. The summed E-state index contributed by atoms with van der Waals surface area (Å²) in [5.41, 5.74) is 4.18. The number of hydrogen-bond acceptors (Lipinski definition) is 1. The first kappa shape index (κ1) is 11.5. The van der Waals surface area contributed by atoms with E-state index in [1.807, 2.05) is 25.1 Å². The Morgan fingerprint density at radius 1 is 1.11 bits per heavy atom. The van der Waals surface area contributed by atoms with E-state index in [9.17, 15) is 9.65 Å². The molecule has 0 aliphatic carbocycles. The van der Waals surface area contributed by atoms with Crippen molar-refractivity contribution in [3.63, 3.8) is 0 Å². The molecule has 3 rings (SSSR count). The van der Waals surface area contributed by atoms with E-state index >= 15 is 0 Å². The van der Waals surface area contributed by atoms with Crippen molar-refractivity contribution < 1.29 is 4.39 Å². The lowest BCUT2D eigenvalue weighted by Crippen LogP contribution is -1.82. The highest BCUT2D eigenvalue weighted by Gasteiger charge is 2.12. The first-order chi connectivity index (χ1) is 9.19. The molecular weight excluding hydrogens is 239 g/mol. The summed E-state index contributed by atoms with van der Waals surface area (Å²) < 4.78 is 13.0. The van der Waals surface area contributed by atoms with Crippen LogP contribution in [0.25, 0.3) is 22.2 Å². The lowest BCUT2D eigenvalue weighted by molar-refractivity contribution is 0.628. The number of fused-ring (bicyclic) bond motifs is 1. The first-order valence-corrected chi connectivity index (χ1v) is 5.97. The summed E-state index contributed by atoms with van der Waals surface area (Å²) in [6.45, 7) is 1.99. The van der Waals surface area contributed by atoms with E-state index in [1.54, 1.807) is 12.1 Å². The van der Waals surface area contributed by atoms with Crippen LogP contribution in [0.1, 0.15) is 11.1 Å². The van der Waals surface area contributed by atoms with Crippen molar-refractivity contribution in [1.29, 1.82) is 5.26 Å². The van der Waals surface area contributed by atoms with Gasteiger partial charge in [0.15, 0.2) is 0 Å². The van der Waals surface area contributed by atoms with Gasteiger partial charge in [-0.25, -0.2) is 4.39 Å². The standard InChI is InChI=1S/C16H11FN2/c1-10-2-7-15-13(8-10)14(9-18)16(19-15)11-3-5-12(17)6-4-11/h2-8,19H,1H3. The van der Waals surface area contributed by atoms with Gasteiger partial charge in [0.1, 0.15) is 11.9 Å². The van der Waals surface area contributed by atoms with Gasteiger partial charge >= 0.3 is 0 Å². The number of H-pyrrole nitrogens is 1. The van der Waals surface area contributed by atoms with E-state index in [4.69, 9.17) is 0 Å². The second kappa shape index (κ2) is 4.25. The Kier molecular flexibility index (Phi) is 2.57. The average molecular weight is 250 g/mol. The monoisotopic (exact) mass is 250 g/mol. The smallest absolute Gasteiger partial charge is 0.123 e. The maximum Gasteiger partial charge on any atom is 0.123 e. The zero-order chi connectivity index (χ0) is 13.4. The van der Waals surface area contributed by atoms with Gasteiger partial charge in [0.2, 0.25) is 0 Å². The summed E-state index contributed by atoms with van der Waals surface area (Å²) in [7, 11) is 0. The minimum absolute atomic E-state index is 0.283. The third-order valence-electron chi connectivity index (χ3n) is 3.20. The predicted octanol–water partition coefficient (Wildman–Crippen LogP) is 4.15. The highest BCUT2D eigenvalue weighted by atomic mass is 19.1. The van der Waals surface area contributed by atoms with Crippen molar-refractivity contribution in [3.8, 4) is 17.3 Å². The molecule has 0 aliphatic heterocycles. The summed E-state index contributed by atoms with van der Waals surface area (Å²) in [5.74, 6) is -0.283. The summed E-state index contributed by atoms with van der Waals surface area (Å²) in [5, 5.41) is 10.3. The van der Waals surface area contributed by atoms with Crippen molar-refractivity contribution in [2.75, 3.05) is 0 Å². The quantitative estimate of drug-likeness (QED) is 0.692. The van der Waals surface area contributed by atoms with Gasteiger partial charge in [0, 0.05) is 10.9 Å². The number of aromatic nitrogens is 1. The molecule has 3 aromatic rings. The Morgan fingerprint density at radius 3 is 2.53 bits per heavy atom. The van der Waals surface area contributed by atoms with Crippen LogP contribution in [0.4, 0.5) is 4.39 Å². The molecule has 0 fully saturated rings. The average Bonchev–Trinajstić information content (AvgIpc) is 2.77. The Hall–Kier alpha value is -2.60. The van der Waals surface area contributed by atoms with E-state index in [-0.39, 0.29) is 5.82 Å². The van der Waals surface area contributed by atoms with Crippen LogP contribution < -0.4 is 0 Å². The largest absolute Gasteiger partial charge is 0.353 e. The minimum atomic E-state index is -0.283. The van der Waals surface area contributed by atoms with Crippen LogP contribution in [0.2, 0.25) is 0 Å². The zero-order valence-electron chi connectivity index (χ0n) is 10.4. The fraction of sp³-hybridized carbons (Fsp3) is 0.0625. The van der Waals surface area contributed by atoms with Gasteiger partial charge < -0.3 is 4.98 Å². The molecule has 3 heteroatoms. The topological polar surface area (TPSA) is 39.6 Å². The molecule has 0 saturated heterocycles. The zero-order valence-corrected chi connectivity index (χ0v) is 10.4. The molecule has 1 heterocycles. The Balaban J connectivity index is 2.29. The highest BCUT2D eigenvalue weighted by Crippen LogP contribution is 2.30. The number of nitrogens with one attached hydrogen (secondary N) is 1. The van der Waals surface area contributed by atoms with E-state index in [0.29, 0.717) is 5.56 Å². The molecule has 0 amide bonds. The number of halogens is 1. The molecule has 0 aliphatic rings. The number of rotatable bonds is 1. The van der Waals surface area contributed by atoms with Gasteiger partial charge in [-0.3, -0.25) is 0 Å². The van der Waals surface area contributed by atoms with E-state index in [0.717, 1.165) is 27.7 Å². The van der Waals surface area contributed by atoms with Crippen molar-refractivity contribution in [1.82, 2.24) is 4.98 Å². The number of nitriles is 1. The third-order valence-corrected chi connectivity index (χ3v) is 3.20. The molecule has 1 aromatic heterocycles. The third kappa shape index (κ3) is 1.88. The molecule has 0 saturated carbocycles. The van der Waals surface area contributed by atoms with Gasteiger partial charge in [-0.05, 0) is 48.9 Å². The van der Waals surface area contributed by atoms with Crippen LogP contribution in [0.15, 0.2) is 42.5 Å². The maximum atomic E-state index is 13.0. The molecule has 19 heavy (non-hydrogen) atoms. The van der Waals surface area contributed by atoms with Crippen LogP contribution in [0, 0.1) is 24.1 Å². The number of benzene rings is 2. The second-order valence-electron chi connectivity index (χ2n) is 4.54. The molecule has 92 valence electrons. The van der Waals surface area contributed by atoms with Gasteiger partial charge in [0.25, 0.3) is 0 Å². The van der Waals surface area contributed by atoms with E-state index in [2.05, 4.69) is 11.1 Å². The van der Waals surface area contributed by atoms with Crippen LogP contribution in [-0.2, 0) is 0 Å². The summed E-state index contributed by atoms with van der Waals surface area (Å²) in [4.78, 5) is 3.23. The van der Waals surface area contributed by atoms with Crippen molar-refractivity contribution >= 4 is 10.9 Å². The van der Waals surface area contributed by atoms with Gasteiger partial charge in [-0.2, -0.15) is 5.26 Å². The molecule has 0 bridgehead atoms. The molecule has 0 spiro atoms. The van der Waals surface area contributed by atoms with Crippen molar-refractivity contribution in [2.45, 2.75) is 6.92 Å². The second-order valence-corrected chi connectivity index (χ2v) is 4.54. The number of hydrogen-bond donors (Lipinski definition) is 1. The number of nitrogens with zero attached hydrogens (tertiary/aromatic N) is 1. The normalized spacial score (nSPS) is 10.6. The van der Waals surface area contributed by atoms with Crippen LogP contribution in [-0.4, -0.2) is 4.98 Å². The highest BCUT2D eigenvalue weighted by molar-refractivity contribution is 5.93. The number of aryl methyl sites for hydroxylation is 1. The SMILES string of the molecule is Cc1ccc2[nH]c(-c3ccc(F)cc3)c(C#N)c2c1. The Labute approximate surface area is 110 Å². The molecule has 1 N–H and O–H groups in total. The van der Waals surface area contributed by atoms with Crippen LogP contribution in [0.5, 0.6) is 0 Å². The summed E-state index contributed by atoms with van der Waals surface area (Å²) in [6.07, 6.45) is 0. The predicted molar refractivity (Wildman–Crippen MR) is 73.1 cm³/mol. The Morgan fingerprint density at radius 2 is 1.84 bits per heavy atom. The van der Waals surface area contributed by atoms with E-state index in [1.165, 1.54) is 12.1 Å². The van der Waals surface area contributed by atoms with Gasteiger partial charge in [-0.15, -0.1) is 0 Å². The fourth-order valence-corrected chi connectivity index (χ4v) is 2.25. The molecule has 2 nitrogen and oxygen atoms in total. The molecule has 0 unspecified atom stereocenters. The fourth-order valence-electron chi connectivity index (χ4n) is 2.25. The van der Waals surface area contributed by atoms with Gasteiger partial charge in [-0.1, -0.05) is 11.6 Å². The summed E-state index contributed by atoms with van der Waals surface area (Å²) >= 11 is 0. The maximum absolute atomic E-state index is 13.0. The van der Waals surface area contributed by atoms with E-state index < -0.39 is 0 Å². The molecular formula is C16H11FN2. The number of aromatic amines is 1. The van der Waals surface area contributed by atoms with Crippen molar-refractivity contribution in [2.24, 2.45) is 0 Å². The lowest BCUT2D eigenvalue weighted by atomic mass is 10.1. The van der Waals surface area contributed by atoms with Crippen LogP contribution in [0.3, 0.4) is 0 Å². The first-order valence-electron chi connectivity index (χ1n) is 5.97. The molecule has 0 radical (unpaired) electrons. The van der Waals surface area contributed by atoms with Crippen LogP contribution >= 0.6 is 0 Å².